The topological polar surface area (TPSA) is 61.4 Å². The SMILES string of the molecule is O=C(Nc1ccc2c(c1)N(C(=O)c1ccccc1)CC2)NC1CCCC1. The summed E-state index contributed by atoms with van der Waals surface area (Å²) in [6.45, 7) is 0.667. The van der Waals surface area contributed by atoms with Gasteiger partial charge in [0.1, 0.15) is 0 Å². The Morgan fingerprint density at radius 1 is 1.00 bits per heavy atom. The van der Waals surface area contributed by atoms with Crippen molar-refractivity contribution in [3.05, 3.63) is 59.7 Å². The molecule has 1 heterocycles. The van der Waals surface area contributed by atoms with E-state index in [0.717, 1.165) is 30.5 Å². The number of hydrogen-bond donors (Lipinski definition) is 2. The quantitative estimate of drug-likeness (QED) is 0.881. The monoisotopic (exact) mass is 349 g/mol. The molecule has 3 amide bonds. The van der Waals surface area contributed by atoms with E-state index >= 15 is 0 Å². The predicted octanol–water partition coefficient (Wildman–Crippen LogP) is 3.95. The number of fused-ring (bicyclic) bond motifs is 1. The summed E-state index contributed by atoms with van der Waals surface area (Å²) in [6, 6.07) is 15.2. The first kappa shape index (κ1) is 16.6. The highest BCUT2D eigenvalue weighted by atomic mass is 16.2. The first-order valence-corrected chi connectivity index (χ1v) is 9.28. The number of amides is 3. The fourth-order valence-corrected chi connectivity index (χ4v) is 3.83. The van der Waals surface area contributed by atoms with Gasteiger partial charge in [-0.05, 0) is 49.1 Å². The molecular formula is C21H23N3O2. The maximum absolute atomic E-state index is 12.8. The molecule has 0 radical (unpaired) electrons. The zero-order valence-electron chi connectivity index (χ0n) is 14.7. The molecule has 1 saturated carbocycles. The highest BCUT2D eigenvalue weighted by Gasteiger charge is 2.26. The van der Waals surface area contributed by atoms with Crippen LogP contribution in [0, 0.1) is 0 Å². The second kappa shape index (κ2) is 7.20. The fourth-order valence-electron chi connectivity index (χ4n) is 3.83. The lowest BCUT2D eigenvalue weighted by molar-refractivity contribution is 0.0989. The number of benzene rings is 2. The van der Waals surface area contributed by atoms with E-state index in [2.05, 4.69) is 10.6 Å². The molecule has 134 valence electrons. The third-order valence-electron chi connectivity index (χ3n) is 5.19. The molecule has 4 rings (SSSR count). The summed E-state index contributed by atoms with van der Waals surface area (Å²) in [5.41, 5.74) is 3.42. The van der Waals surface area contributed by atoms with E-state index in [4.69, 9.17) is 0 Å². The normalized spacial score (nSPS) is 16.4. The van der Waals surface area contributed by atoms with E-state index in [9.17, 15) is 9.59 Å². The zero-order valence-corrected chi connectivity index (χ0v) is 14.7. The van der Waals surface area contributed by atoms with Crippen molar-refractivity contribution < 1.29 is 9.59 Å². The van der Waals surface area contributed by atoms with Crippen molar-refractivity contribution in [1.29, 1.82) is 0 Å². The largest absolute Gasteiger partial charge is 0.335 e. The van der Waals surface area contributed by atoms with E-state index in [1.54, 1.807) is 4.90 Å². The standard InChI is InChI=1S/C21H23N3O2/c25-20(16-6-2-1-3-7-16)24-13-12-15-10-11-18(14-19(15)24)23-21(26)22-17-8-4-5-9-17/h1-3,6-7,10-11,14,17H,4-5,8-9,12-13H2,(H2,22,23,26). The van der Waals surface area contributed by atoms with E-state index in [1.165, 1.54) is 12.8 Å². The van der Waals surface area contributed by atoms with Gasteiger partial charge in [-0.25, -0.2) is 4.79 Å². The summed E-state index contributed by atoms with van der Waals surface area (Å²) in [4.78, 5) is 26.8. The summed E-state index contributed by atoms with van der Waals surface area (Å²) in [6.07, 6.45) is 5.30. The second-order valence-corrected chi connectivity index (χ2v) is 7.00. The van der Waals surface area contributed by atoms with Crippen LogP contribution < -0.4 is 15.5 Å². The molecule has 2 aromatic rings. The Balaban J connectivity index is 1.49. The number of carbonyl (C=O) groups excluding carboxylic acids is 2. The van der Waals surface area contributed by atoms with Gasteiger partial charge in [0.2, 0.25) is 0 Å². The lowest BCUT2D eigenvalue weighted by atomic mass is 10.1. The van der Waals surface area contributed by atoms with Crippen molar-refractivity contribution in [3.8, 4) is 0 Å². The average Bonchev–Trinajstić information content (AvgIpc) is 3.31. The number of anilines is 2. The number of rotatable bonds is 3. The van der Waals surface area contributed by atoms with Crippen LogP contribution in [0.4, 0.5) is 16.2 Å². The molecule has 1 aliphatic heterocycles. The van der Waals surface area contributed by atoms with Crippen molar-refractivity contribution in [3.63, 3.8) is 0 Å². The number of hydrogen-bond acceptors (Lipinski definition) is 2. The van der Waals surface area contributed by atoms with E-state index in [-0.39, 0.29) is 18.0 Å². The molecule has 26 heavy (non-hydrogen) atoms. The Morgan fingerprint density at radius 3 is 2.54 bits per heavy atom. The molecule has 1 aliphatic carbocycles. The fraction of sp³-hybridized carbons (Fsp3) is 0.333. The zero-order chi connectivity index (χ0) is 17.9. The van der Waals surface area contributed by atoms with Gasteiger partial charge in [0.15, 0.2) is 0 Å². The third-order valence-corrected chi connectivity index (χ3v) is 5.19. The molecule has 2 aromatic carbocycles. The van der Waals surface area contributed by atoms with E-state index in [0.29, 0.717) is 17.8 Å². The number of nitrogens with one attached hydrogen (secondary N) is 2. The minimum atomic E-state index is -0.171. The Bertz CT molecular complexity index is 813. The molecule has 5 heteroatoms. The lowest BCUT2D eigenvalue weighted by Gasteiger charge is -2.19. The van der Waals surface area contributed by atoms with Gasteiger partial charge < -0.3 is 15.5 Å². The Kier molecular flexibility index (Phi) is 4.61. The average molecular weight is 349 g/mol. The molecule has 1 fully saturated rings. The molecule has 0 unspecified atom stereocenters. The summed E-state index contributed by atoms with van der Waals surface area (Å²) in [7, 11) is 0. The minimum Gasteiger partial charge on any atom is -0.335 e. The van der Waals surface area contributed by atoms with Gasteiger partial charge in [-0.1, -0.05) is 37.1 Å². The van der Waals surface area contributed by atoms with Gasteiger partial charge in [-0.15, -0.1) is 0 Å². The number of nitrogens with zero attached hydrogens (tertiary/aromatic N) is 1. The molecule has 0 atom stereocenters. The van der Waals surface area contributed by atoms with Crippen molar-refractivity contribution in [2.45, 2.75) is 38.1 Å². The van der Waals surface area contributed by atoms with Gasteiger partial charge in [-0.2, -0.15) is 0 Å². The van der Waals surface area contributed by atoms with Crippen LogP contribution in [-0.2, 0) is 6.42 Å². The van der Waals surface area contributed by atoms with Gasteiger partial charge in [0.25, 0.3) is 5.91 Å². The summed E-state index contributed by atoms with van der Waals surface area (Å²) in [5.74, 6) is -0.00286. The molecule has 2 N–H and O–H groups in total. The maximum atomic E-state index is 12.8. The molecule has 0 aromatic heterocycles. The van der Waals surface area contributed by atoms with Gasteiger partial charge >= 0.3 is 6.03 Å². The molecule has 0 bridgehead atoms. The first-order valence-electron chi connectivity index (χ1n) is 9.28. The van der Waals surface area contributed by atoms with Crippen LogP contribution in [0.1, 0.15) is 41.6 Å². The summed E-state index contributed by atoms with van der Waals surface area (Å²) < 4.78 is 0. The van der Waals surface area contributed by atoms with Crippen LogP contribution in [0.2, 0.25) is 0 Å². The van der Waals surface area contributed by atoms with Crippen molar-refractivity contribution in [2.24, 2.45) is 0 Å². The highest BCUT2D eigenvalue weighted by molar-refractivity contribution is 6.07. The predicted molar refractivity (Wildman–Crippen MR) is 103 cm³/mol. The Hall–Kier alpha value is -2.82. The highest BCUT2D eigenvalue weighted by Crippen LogP contribution is 2.32. The third kappa shape index (κ3) is 3.43. The molecule has 0 spiro atoms. The minimum absolute atomic E-state index is 0.00286. The Morgan fingerprint density at radius 2 is 1.77 bits per heavy atom. The van der Waals surface area contributed by atoms with Crippen LogP contribution in [0.25, 0.3) is 0 Å². The van der Waals surface area contributed by atoms with E-state index < -0.39 is 0 Å². The lowest BCUT2D eigenvalue weighted by Crippen LogP contribution is -2.36. The second-order valence-electron chi connectivity index (χ2n) is 7.00. The van der Waals surface area contributed by atoms with Gasteiger partial charge in [-0.3, -0.25) is 4.79 Å². The van der Waals surface area contributed by atoms with Crippen LogP contribution in [0.5, 0.6) is 0 Å². The summed E-state index contributed by atoms with van der Waals surface area (Å²) in [5, 5.41) is 5.93. The molecular weight excluding hydrogens is 326 g/mol. The first-order chi connectivity index (χ1) is 12.7. The van der Waals surface area contributed by atoms with Crippen LogP contribution in [0.3, 0.4) is 0 Å². The van der Waals surface area contributed by atoms with Crippen molar-refractivity contribution in [1.82, 2.24) is 5.32 Å². The molecule has 5 nitrogen and oxygen atoms in total. The number of carbonyl (C=O) groups is 2. The summed E-state index contributed by atoms with van der Waals surface area (Å²) >= 11 is 0. The maximum Gasteiger partial charge on any atom is 0.319 e. The van der Waals surface area contributed by atoms with Crippen LogP contribution in [0.15, 0.2) is 48.5 Å². The van der Waals surface area contributed by atoms with Crippen molar-refractivity contribution >= 4 is 23.3 Å². The van der Waals surface area contributed by atoms with Crippen LogP contribution >= 0.6 is 0 Å². The van der Waals surface area contributed by atoms with Gasteiger partial charge in [0.05, 0.1) is 0 Å². The van der Waals surface area contributed by atoms with Gasteiger partial charge in [0, 0.05) is 29.5 Å². The smallest absolute Gasteiger partial charge is 0.319 e. The van der Waals surface area contributed by atoms with E-state index in [1.807, 2.05) is 48.5 Å². The van der Waals surface area contributed by atoms with Crippen LogP contribution in [-0.4, -0.2) is 24.5 Å². The number of urea groups is 1. The molecule has 0 saturated heterocycles. The Labute approximate surface area is 153 Å². The van der Waals surface area contributed by atoms with Crippen molar-refractivity contribution in [2.75, 3.05) is 16.8 Å². The molecule has 2 aliphatic rings.